The molecular formula is C12H10N2O3S. The molecular weight excluding hydrogens is 252 g/mol. The topological polar surface area (TPSA) is 90.1 Å². The van der Waals surface area contributed by atoms with E-state index in [1.54, 1.807) is 18.2 Å². The Morgan fingerprint density at radius 3 is 2.17 bits per heavy atom. The molecule has 0 unspecified atom stereocenters. The van der Waals surface area contributed by atoms with E-state index in [9.17, 15) is 13.2 Å². The van der Waals surface area contributed by atoms with Gasteiger partial charge in [-0.25, -0.2) is 13.4 Å². The number of carbonyl (C=O) groups is 1. The summed E-state index contributed by atoms with van der Waals surface area (Å²) in [5.74, 6) is -0.696. The molecule has 0 spiro atoms. The van der Waals surface area contributed by atoms with Crippen molar-refractivity contribution in [2.75, 3.05) is 0 Å². The zero-order chi connectivity index (χ0) is 13.2. The van der Waals surface area contributed by atoms with Gasteiger partial charge in [-0.3, -0.25) is 4.79 Å². The van der Waals surface area contributed by atoms with E-state index in [0.717, 1.165) is 6.20 Å². The number of hydrogen-bond acceptors (Lipinski definition) is 4. The molecule has 1 aromatic heterocycles. The first-order valence-electron chi connectivity index (χ1n) is 5.08. The van der Waals surface area contributed by atoms with Gasteiger partial charge in [0.15, 0.2) is 0 Å². The molecule has 2 aromatic rings. The molecule has 2 N–H and O–H groups in total. The lowest BCUT2D eigenvalue weighted by molar-refractivity contribution is 0.0995. The second-order valence-electron chi connectivity index (χ2n) is 3.56. The van der Waals surface area contributed by atoms with Crippen LogP contribution in [0.15, 0.2) is 58.5 Å². The lowest BCUT2D eigenvalue weighted by atomic mass is 10.3. The summed E-state index contributed by atoms with van der Waals surface area (Å²) in [7, 11) is -3.60. The van der Waals surface area contributed by atoms with Gasteiger partial charge >= 0.3 is 0 Å². The summed E-state index contributed by atoms with van der Waals surface area (Å²) in [5, 5.41) is 0. The fourth-order valence-corrected chi connectivity index (χ4v) is 2.65. The predicted octanol–water partition coefficient (Wildman–Crippen LogP) is 1.01. The van der Waals surface area contributed by atoms with Gasteiger partial charge in [-0.15, -0.1) is 0 Å². The lowest BCUT2D eigenvalue weighted by Crippen LogP contribution is -2.13. The van der Waals surface area contributed by atoms with Crippen molar-refractivity contribution in [2.24, 2.45) is 5.73 Å². The van der Waals surface area contributed by atoms with Crippen molar-refractivity contribution in [3.8, 4) is 0 Å². The summed E-state index contributed by atoms with van der Waals surface area (Å²) in [6.07, 6.45) is 1.13. The van der Waals surface area contributed by atoms with Crippen LogP contribution in [0.4, 0.5) is 0 Å². The van der Waals surface area contributed by atoms with Gasteiger partial charge in [-0.2, -0.15) is 0 Å². The largest absolute Gasteiger partial charge is 0.364 e. The van der Waals surface area contributed by atoms with Crippen LogP contribution in [0.2, 0.25) is 0 Å². The molecule has 1 aromatic carbocycles. The van der Waals surface area contributed by atoms with E-state index in [2.05, 4.69) is 4.98 Å². The molecule has 0 saturated carbocycles. The van der Waals surface area contributed by atoms with Crippen molar-refractivity contribution in [3.63, 3.8) is 0 Å². The van der Waals surface area contributed by atoms with Gasteiger partial charge in [0.25, 0.3) is 5.91 Å². The van der Waals surface area contributed by atoms with Crippen LogP contribution < -0.4 is 5.73 Å². The first kappa shape index (κ1) is 12.3. The van der Waals surface area contributed by atoms with Crippen LogP contribution in [0, 0.1) is 0 Å². The van der Waals surface area contributed by atoms with Gasteiger partial charge in [-0.1, -0.05) is 18.2 Å². The minimum absolute atomic E-state index is 0.0266. The van der Waals surface area contributed by atoms with Crippen LogP contribution in [0.3, 0.4) is 0 Å². The first-order valence-corrected chi connectivity index (χ1v) is 6.56. The number of nitrogens with two attached hydrogens (primary N) is 1. The highest BCUT2D eigenvalue weighted by Crippen LogP contribution is 2.19. The summed E-state index contributed by atoms with van der Waals surface area (Å²) in [5.41, 5.74) is 5.06. The Morgan fingerprint density at radius 2 is 1.67 bits per heavy atom. The SMILES string of the molecule is NC(=O)c1ccc(S(=O)(=O)c2ccccc2)cn1. The molecule has 1 heterocycles. The van der Waals surface area contributed by atoms with E-state index in [0.29, 0.717) is 0 Å². The maximum atomic E-state index is 12.2. The number of pyridine rings is 1. The monoisotopic (exact) mass is 262 g/mol. The molecule has 0 atom stereocenters. The van der Waals surface area contributed by atoms with E-state index < -0.39 is 15.7 Å². The smallest absolute Gasteiger partial charge is 0.267 e. The van der Waals surface area contributed by atoms with Crippen LogP contribution in [-0.2, 0) is 9.84 Å². The highest BCUT2D eigenvalue weighted by molar-refractivity contribution is 7.91. The van der Waals surface area contributed by atoms with Crippen molar-refractivity contribution in [1.29, 1.82) is 0 Å². The third-order valence-corrected chi connectivity index (χ3v) is 4.11. The van der Waals surface area contributed by atoms with E-state index in [1.165, 1.54) is 24.3 Å². The number of nitrogens with zero attached hydrogens (tertiary/aromatic N) is 1. The third kappa shape index (κ3) is 2.23. The molecule has 0 saturated heterocycles. The standard InChI is InChI=1S/C12H10N2O3S/c13-12(15)11-7-6-10(8-14-11)18(16,17)9-4-2-1-3-5-9/h1-8H,(H2,13,15). The van der Waals surface area contributed by atoms with Gasteiger partial charge in [0.1, 0.15) is 5.69 Å². The van der Waals surface area contributed by atoms with Crippen molar-refractivity contribution >= 4 is 15.7 Å². The Hall–Kier alpha value is -2.21. The Labute approximate surface area is 104 Å². The number of amides is 1. The maximum absolute atomic E-state index is 12.2. The quantitative estimate of drug-likeness (QED) is 0.893. The van der Waals surface area contributed by atoms with Gasteiger partial charge < -0.3 is 5.73 Å². The first-order chi connectivity index (χ1) is 8.51. The van der Waals surface area contributed by atoms with E-state index >= 15 is 0 Å². The Bertz CT molecular complexity index is 664. The molecule has 5 nitrogen and oxygen atoms in total. The van der Waals surface area contributed by atoms with Gasteiger partial charge in [-0.05, 0) is 24.3 Å². The van der Waals surface area contributed by atoms with Gasteiger partial charge in [0, 0.05) is 6.20 Å². The summed E-state index contributed by atoms with van der Waals surface area (Å²) in [4.78, 5) is 14.8. The lowest BCUT2D eigenvalue weighted by Gasteiger charge is -2.04. The Morgan fingerprint density at radius 1 is 1.00 bits per heavy atom. The fraction of sp³-hybridized carbons (Fsp3) is 0. The normalized spacial score (nSPS) is 11.1. The van der Waals surface area contributed by atoms with Crippen LogP contribution in [0.25, 0.3) is 0 Å². The van der Waals surface area contributed by atoms with E-state index in [1.807, 2.05) is 0 Å². The summed E-state index contributed by atoms with van der Waals surface area (Å²) >= 11 is 0. The zero-order valence-corrected chi connectivity index (χ0v) is 10.1. The summed E-state index contributed by atoms with van der Waals surface area (Å²) in [6.45, 7) is 0. The zero-order valence-electron chi connectivity index (χ0n) is 9.28. The van der Waals surface area contributed by atoms with Gasteiger partial charge in [0.2, 0.25) is 9.84 Å². The van der Waals surface area contributed by atoms with Crippen LogP contribution in [0.5, 0.6) is 0 Å². The molecule has 0 aliphatic rings. The average Bonchev–Trinajstić information content (AvgIpc) is 2.40. The number of rotatable bonds is 3. The van der Waals surface area contributed by atoms with Crippen LogP contribution in [-0.4, -0.2) is 19.3 Å². The maximum Gasteiger partial charge on any atom is 0.267 e. The molecule has 92 valence electrons. The number of primary amides is 1. The molecule has 0 aliphatic carbocycles. The second kappa shape index (κ2) is 4.58. The highest BCUT2D eigenvalue weighted by Gasteiger charge is 2.17. The average molecular weight is 262 g/mol. The van der Waals surface area contributed by atoms with Crippen LogP contribution >= 0.6 is 0 Å². The molecule has 18 heavy (non-hydrogen) atoms. The van der Waals surface area contributed by atoms with E-state index in [4.69, 9.17) is 5.73 Å². The Kier molecular flexibility index (Phi) is 3.12. The second-order valence-corrected chi connectivity index (χ2v) is 5.51. The molecule has 0 radical (unpaired) electrons. The van der Waals surface area contributed by atoms with Crippen molar-refractivity contribution in [3.05, 3.63) is 54.4 Å². The van der Waals surface area contributed by atoms with Crippen LogP contribution in [0.1, 0.15) is 10.5 Å². The number of aromatic nitrogens is 1. The predicted molar refractivity (Wildman–Crippen MR) is 64.6 cm³/mol. The van der Waals surface area contributed by atoms with Crippen molar-refractivity contribution in [1.82, 2.24) is 4.98 Å². The third-order valence-electron chi connectivity index (χ3n) is 2.35. The Balaban J connectivity index is 2.46. The number of hydrogen-bond donors (Lipinski definition) is 1. The summed E-state index contributed by atoms with van der Waals surface area (Å²) in [6, 6.07) is 10.6. The van der Waals surface area contributed by atoms with E-state index in [-0.39, 0.29) is 15.5 Å². The minimum Gasteiger partial charge on any atom is -0.364 e. The molecule has 0 bridgehead atoms. The van der Waals surface area contributed by atoms with Crippen molar-refractivity contribution < 1.29 is 13.2 Å². The number of carbonyl (C=O) groups excluding carboxylic acids is 1. The minimum atomic E-state index is -3.60. The molecule has 1 amide bonds. The fourth-order valence-electron chi connectivity index (χ4n) is 1.42. The molecule has 0 aliphatic heterocycles. The molecule has 0 fully saturated rings. The highest BCUT2D eigenvalue weighted by atomic mass is 32.2. The summed E-state index contributed by atoms with van der Waals surface area (Å²) < 4.78 is 24.3. The number of sulfone groups is 1. The van der Waals surface area contributed by atoms with Crippen molar-refractivity contribution in [2.45, 2.75) is 9.79 Å². The molecule has 2 rings (SSSR count). The molecule has 6 heteroatoms. The van der Waals surface area contributed by atoms with Gasteiger partial charge in [0.05, 0.1) is 9.79 Å². The number of benzene rings is 1.